The van der Waals surface area contributed by atoms with Crippen LogP contribution in [0.15, 0.2) is 12.3 Å². The molecule has 0 aromatic carbocycles. The van der Waals surface area contributed by atoms with Crippen LogP contribution in [0.4, 0.5) is 10.2 Å². The number of aromatic nitrogens is 1. The van der Waals surface area contributed by atoms with Crippen LogP contribution < -0.4 is 5.32 Å². The van der Waals surface area contributed by atoms with E-state index in [4.69, 9.17) is 5.11 Å². The lowest BCUT2D eigenvalue weighted by atomic mass is 10.0. The Morgan fingerprint density at radius 2 is 2.05 bits per heavy atom. The second-order valence-electron chi connectivity index (χ2n) is 5.38. The molecule has 0 aliphatic heterocycles. The van der Waals surface area contributed by atoms with E-state index in [1.165, 1.54) is 19.3 Å². The normalized spacial score (nSPS) is 10.8. The molecule has 0 bridgehead atoms. The first kappa shape index (κ1) is 16.4. The number of halogens is 1. The Bertz CT molecular complexity index is 436. The highest BCUT2D eigenvalue weighted by Gasteiger charge is 2.12. The average Bonchev–Trinajstić information content (AvgIpc) is 2.38. The van der Waals surface area contributed by atoms with Gasteiger partial charge in [0.2, 0.25) is 0 Å². The maximum Gasteiger partial charge on any atom is 0.339 e. The molecule has 1 rings (SSSR count). The van der Waals surface area contributed by atoms with Crippen LogP contribution in [0.2, 0.25) is 0 Å². The molecule has 0 saturated heterocycles. The quantitative estimate of drug-likeness (QED) is 0.673. The molecule has 1 aromatic rings. The third kappa shape index (κ3) is 5.99. The van der Waals surface area contributed by atoms with Gasteiger partial charge in [0, 0.05) is 6.54 Å². The summed E-state index contributed by atoms with van der Waals surface area (Å²) < 4.78 is 12.9. The van der Waals surface area contributed by atoms with Crippen molar-refractivity contribution in [3.05, 3.63) is 23.6 Å². The molecular formula is C15H23FN2O2. The van der Waals surface area contributed by atoms with Gasteiger partial charge >= 0.3 is 5.97 Å². The number of carboxylic acid groups (broad SMARTS) is 1. The maximum atomic E-state index is 12.9. The SMILES string of the molecule is CC(C)CCCCCCNc1ncc(F)cc1C(=O)O. The molecule has 1 aromatic heterocycles. The van der Waals surface area contributed by atoms with E-state index in [9.17, 15) is 9.18 Å². The van der Waals surface area contributed by atoms with Crippen LogP contribution in [0.1, 0.15) is 56.3 Å². The Hall–Kier alpha value is -1.65. The smallest absolute Gasteiger partial charge is 0.339 e. The van der Waals surface area contributed by atoms with Gasteiger partial charge in [0.15, 0.2) is 0 Å². The number of nitrogens with one attached hydrogen (secondary N) is 1. The van der Waals surface area contributed by atoms with E-state index in [1.807, 2.05) is 0 Å². The number of aromatic carboxylic acids is 1. The van der Waals surface area contributed by atoms with E-state index >= 15 is 0 Å². The Morgan fingerprint density at radius 3 is 2.70 bits per heavy atom. The minimum absolute atomic E-state index is 0.121. The van der Waals surface area contributed by atoms with Gasteiger partial charge in [-0.2, -0.15) is 0 Å². The summed E-state index contributed by atoms with van der Waals surface area (Å²) in [5.74, 6) is -0.825. The number of unbranched alkanes of at least 4 members (excludes halogenated alkanes) is 3. The number of pyridine rings is 1. The molecule has 0 aliphatic carbocycles. The van der Waals surface area contributed by atoms with Crippen molar-refractivity contribution in [2.24, 2.45) is 5.92 Å². The molecule has 0 amide bonds. The van der Waals surface area contributed by atoms with Crippen LogP contribution in [0.25, 0.3) is 0 Å². The van der Waals surface area contributed by atoms with Gasteiger partial charge < -0.3 is 10.4 Å². The molecule has 0 atom stereocenters. The summed E-state index contributed by atoms with van der Waals surface area (Å²) in [7, 11) is 0. The number of hydrogen-bond acceptors (Lipinski definition) is 3. The van der Waals surface area contributed by atoms with E-state index in [0.717, 1.165) is 31.0 Å². The monoisotopic (exact) mass is 282 g/mol. The predicted octanol–water partition coefficient (Wildman–Crippen LogP) is 3.94. The van der Waals surface area contributed by atoms with Crippen molar-refractivity contribution in [1.82, 2.24) is 4.98 Å². The highest BCUT2D eigenvalue weighted by molar-refractivity contribution is 5.93. The van der Waals surface area contributed by atoms with Crippen LogP contribution in [-0.4, -0.2) is 22.6 Å². The van der Waals surface area contributed by atoms with E-state index in [2.05, 4.69) is 24.1 Å². The van der Waals surface area contributed by atoms with Gasteiger partial charge in [0.1, 0.15) is 17.2 Å². The molecular weight excluding hydrogens is 259 g/mol. The number of nitrogens with zero attached hydrogens (tertiary/aromatic N) is 1. The fraction of sp³-hybridized carbons (Fsp3) is 0.600. The second kappa shape index (κ2) is 8.51. The molecule has 0 unspecified atom stereocenters. The van der Waals surface area contributed by atoms with Gasteiger partial charge in [-0.05, 0) is 18.4 Å². The maximum absolute atomic E-state index is 12.9. The third-order valence-electron chi connectivity index (χ3n) is 3.09. The van der Waals surface area contributed by atoms with Crippen molar-refractivity contribution >= 4 is 11.8 Å². The Labute approximate surface area is 119 Å². The van der Waals surface area contributed by atoms with Crippen molar-refractivity contribution < 1.29 is 14.3 Å². The summed E-state index contributed by atoms with van der Waals surface area (Å²) in [6, 6.07) is 0.986. The van der Waals surface area contributed by atoms with Gasteiger partial charge in [0.25, 0.3) is 0 Å². The van der Waals surface area contributed by atoms with Crippen molar-refractivity contribution in [3.8, 4) is 0 Å². The standard InChI is InChI=1S/C15H23FN2O2/c1-11(2)7-5-3-4-6-8-17-14-13(15(19)20)9-12(16)10-18-14/h9-11H,3-8H2,1-2H3,(H,17,18)(H,19,20). The summed E-state index contributed by atoms with van der Waals surface area (Å²) >= 11 is 0. The number of anilines is 1. The van der Waals surface area contributed by atoms with Gasteiger partial charge in [-0.15, -0.1) is 0 Å². The molecule has 1 heterocycles. The van der Waals surface area contributed by atoms with Gasteiger partial charge in [-0.1, -0.05) is 39.5 Å². The summed E-state index contributed by atoms with van der Waals surface area (Å²) in [4.78, 5) is 14.8. The third-order valence-corrected chi connectivity index (χ3v) is 3.09. The summed E-state index contributed by atoms with van der Waals surface area (Å²) in [6.45, 7) is 5.09. The Morgan fingerprint density at radius 1 is 1.35 bits per heavy atom. The minimum Gasteiger partial charge on any atom is -0.478 e. The molecule has 0 fully saturated rings. The zero-order chi connectivity index (χ0) is 15.0. The molecule has 112 valence electrons. The molecule has 0 spiro atoms. The van der Waals surface area contributed by atoms with Gasteiger partial charge in [0.05, 0.1) is 6.20 Å². The number of rotatable bonds is 9. The van der Waals surface area contributed by atoms with Crippen LogP contribution in [-0.2, 0) is 0 Å². The van der Waals surface area contributed by atoms with Gasteiger partial charge in [-0.25, -0.2) is 14.2 Å². The first-order chi connectivity index (χ1) is 9.50. The zero-order valence-corrected chi connectivity index (χ0v) is 12.2. The Kier molecular flexibility index (Phi) is 6.98. The van der Waals surface area contributed by atoms with Crippen LogP contribution in [0.3, 0.4) is 0 Å². The molecule has 4 nitrogen and oxygen atoms in total. The van der Waals surface area contributed by atoms with Crippen molar-refractivity contribution in [1.29, 1.82) is 0 Å². The van der Waals surface area contributed by atoms with Crippen LogP contribution >= 0.6 is 0 Å². The molecule has 20 heavy (non-hydrogen) atoms. The highest BCUT2D eigenvalue weighted by atomic mass is 19.1. The second-order valence-corrected chi connectivity index (χ2v) is 5.38. The fourth-order valence-corrected chi connectivity index (χ4v) is 1.98. The van der Waals surface area contributed by atoms with Crippen molar-refractivity contribution in [2.45, 2.75) is 46.0 Å². The topological polar surface area (TPSA) is 62.2 Å². The highest BCUT2D eigenvalue weighted by Crippen LogP contribution is 2.14. The van der Waals surface area contributed by atoms with E-state index in [-0.39, 0.29) is 11.4 Å². The largest absolute Gasteiger partial charge is 0.478 e. The first-order valence-electron chi connectivity index (χ1n) is 7.13. The molecule has 0 saturated carbocycles. The first-order valence-corrected chi connectivity index (χ1v) is 7.13. The van der Waals surface area contributed by atoms with Crippen molar-refractivity contribution in [2.75, 3.05) is 11.9 Å². The lowest BCUT2D eigenvalue weighted by molar-refractivity contribution is 0.0697. The molecule has 0 aliphatic rings. The fourth-order valence-electron chi connectivity index (χ4n) is 1.98. The summed E-state index contributed by atoms with van der Waals surface area (Å²) in [5, 5.41) is 11.9. The molecule has 0 radical (unpaired) electrons. The molecule has 2 N–H and O–H groups in total. The van der Waals surface area contributed by atoms with E-state index in [0.29, 0.717) is 6.54 Å². The lowest BCUT2D eigenvalue weighted by Crippen LogP contribution is -2.10. The lowest BCUT2D eigenvalue weighted by Gasteiger charge is -2.08. The minimum atomic E-state index is -1.17. The Balaban J connectivity index is 2.30. The number of carbonyl (C=O) groups is 1. The van der Waals surface area contributed by atoms with Gasteiger partial charge in [-0.3, -0.25) is 0 Å². The van der Waals surface area contributed by atoms with Crippen LogP contribution in [0, 0.1) is 11.7 Å². The van der Waals surface area contributed by atoms with E-state index in [1.54, 1.807) is 0 Å². The van der Waals surface area contributed by atoms with Crippen molar-refractivity contribution in [3.63, 3.8) is 0 Å². The average molecular weight is 282 g/mol. The van der Waals surface area contributed by atoms with Crippen LogP contribution in [0.5, 0.6) is 0 Å². The number of carboxylic acids is 1. The number of hydrogen-bond donors (Lipinski definition) is 2. The summed E-state index contributed by atoms with van der Waals surface area (Å²) in [5.41, 5.74) is -0.121. The predicted molar refractivity (Wildman–Crippen MR) is 77.6 cm³/mol. The summed E-state index contributed by atoms with van der Waals surface area (Å²) in [6.07, 6.45) is 6.74. The zero-order valence-electron chi connectivity index (χ0n) is 12.2. The molecule has 5 heteroatoms. The van der Waals surface area contributed by atoms with E-state index < -0.39 is 11.8 Å².